The number of benzene rings is 8. The highest BCUT2D eigenvalue weighted by molar-refractivity contribution is 6.24. The van der Waals surface area contributed by atoms with Gasteiger partial charge in [-0.05, 0) is 64.7 Å². The summed E-state index contributed by atoms with van der Waals surface area (Å²) in [5.74, 6) is 1.79. The largest absolute Gasteiger partial charge is 0.455 e. The first-order valence-electron chi connectivity index (χ1n) is 18.8. The van der Waals surface area contributed by atoms with Gasteiger partial charge in [-0.1, -0.05) is 152 Å². The third-order valence-electron chi connectivity index (χ3n) is 10.6. The molecule has 0 aliphatic rings. The summed E-state index contributed by atoms with van der Waals surface area (Å²) in [7, 11) is 0. The van der Waals surface area contributed by atoms with Gasteiger partial charge >= 0.3 is 0 Å². The van der Waals surface area contributed by atoms with Crippen LogP contribution in [0.1, 0.15) is 0 Å². The highest BCUT2D eigenvalue weighted by Gasteiger charge is 2.22. The molecule has 0 amide bonds. The lowest BCUT2D eigenvalue weighted by Crippen LogP contribution is -2.00. The number of rotatable bonds is 6. The number of hydrogen-bond donors (Lipinski definition) is 0. The molecule has 0 atom stereocenters. The Kier molecular flexibility index (Phi) is 7.42. The first-order valence-corrected chi connectivity index (χ1v) is 18.8. The highest BCUT2D eigenvalue weighted by atomic mass is 16.3. The van der Waals surface area contributed by atoms with E-state index in [2.05, 4.69) is 132 Å². The fourth-order valence-electron chi connectivity index (χ4n) is 8.03. The minimum absolute atomic E-state index is 0.562. The molecule has 11 rings (SSSR count). The molecule has 0 N–H and O–H groups in total. The Balaban J connectivity index is 1.16. The number of furan rings is 1. The van der Waals surface area contributed by atoms with Crippen molar-refractivity contribution in [3.63, 3.8) is 0 Å². The zero-order valence-corrected chi connectivity index (χ0v) is 30.2. The molecule has 0 unspecified atom stereocenters. The smallest absolute Gasteiger partial charge is 0.167 e. The monoisotopic (exact) mass is 716 g/mol. The summed E-state index contributed by atoms with van der Waals surface area (Å²) in [6.07, 6.45) is 0. The fraction of sp³-hybridized carbons (Fsp3) is 0. The maximum Gasteiger partial charge on any atom is 0.167 e. The average molecular weight is 717 g/mol. The van der Waals surface area contributed by atoms with Crippen molar-refractivity contribution < 1.29 is 4.42 Å². The molecule has 0 radical (unpaired) electrons. The van der Waals surface area contributed by atoms with Crippen LogP contribution >= 0.6 is 0 Å². The number of fused-ring (bicyclic) bond motifs is 7. The Morgan fingerprint density at radius 2 is 0.839 bits per heavy atom. The lowest BCUT2D eigenvalue weighted by molar-refractivity contribution is 0.673. The molecule has 56 heavy (non-hydrogen) atoms. The number of hydrogen-bond acceptors (Lipinski definition) is 4. The molecule has 0 fully saturated rings. The Morgan fingerprint density at radius 1 is 0.339 bits per heavy atom. The van der Waals surface area contributed by atoms with E-state index in [1.807, 2.05) is 66.7 Å². The molecular weight excluding hydrogens is 685 g/mol. The second-order valence-corrected chi connectivity index (χ2v) is 14.0. The predicted octanol–water partition coefficient (Wildman–Crippen LogP) is 13.2. The highest BCUT2D eigenvalue weighted by Crippen LogP contribution is 2.43. The van der Waals surface area contributed by atoms with Gasteiger partial charge in [-0.25, -0.2) is 15.0 Å². The lowest BCUT2D eigenvalue weighted by atomic mass is 9.98. The van der Waals surface area contributed by atoms with E-state index in [0.717, 1.165) is 77.2 Å². The van der Waals surface area contributed by atoms with Crippen molar-refractivity contribution in [3.05, 3.63) is 194 Å². The molecule has 5 nitrogen and oxygen atoms in total. The molecule has 0 spiro atoms. The second-order valence-electron chi connectivity index (χ2n) is 14.0. The first kappa shape index (κ1) is 31.9. The first-order chi connectivity index (χ1) is 27.8. The Morgan fingerprint density at radius 3 is 1.45 bits per heavy atom. The SMILES string of the molecule is c1ccc(-c2cc(-c3ccccc3)cc(-n3c4ccccc4c4c5oc6c(-c7nc(-c8ccccc8)nc(-c8ccccc8)n7)cccc6c5ccc43)c2)cc1. The second kappa shape index (κ2) is 13.0. The number of para-hydroxylation sites is 2. The molecule has 0 saturated heterocycles. The van der Waals surface area contributed by atoms with E-state index in [1.54, 1.807) is 0 Å². The minimum Gasteiger partial charge on any atom is -0.455 e. The third kappa shape index (κ3) is 5.29. The van der Waals surface area contributed by atoms with Crippen LogP contribution in [-0.4, -0.2) is 19.5 Å². The van der Waals surface area contributed by atoms with Crippen LogP contribution in [-0.2, 0) is 0 Å². The average Bonchev–Trinajstić information content (AvgIpc) is 3.83. The van der Waals surface area contributed by atoms with E-state index in [0.29, 0.717) is 17.5 Å². The Bertz CT molecular complexity index is 3110. The maximum atomic E-state index is 7.07. The van der Waals surface area contributed by atoms with Crippen LogP contribution in [0.3, 0.4) is 0 Å². The van der Waals surface area contributed by atoms with Crippen molar-refractivity contribution in [2.24, 2.45) is 0 Å². The van der Waals surface area contributed by atoms with Crippen molar-refractivity contribution in [1.29, 1.82) is 0 Å². The molecule has 11 aromatic rings. The predicted molar refractivity (Wildman–Crippen MR) is 229 cm³/mol. The normalized spacial score (nSPS) is 11.6. The van der Waals surface area contributed by atoms with E-state index in [9.17, 15) is 0 Å². The van der Waals surface area contributed by atoms with Gasteiger partial charge in [0, 0.05) is 33.0 Å². The number of nitrogens with zero attached hydrogens (tertiary/aromatic N) is 4. The standard InChI is InChI=1S/C51H32N4O/c1-5-16-33(17-6-1)37-30-38(34-18-7-2-8-19-34)32-39(31-37)55-44-27-14-13-24-42(44)46-45(55)29-28-41-40-25-15-26-43(47(40)56-48(41)46)51-53-49(35-20-9-3-10-21-35)52-50(54-51)36-22-11-4-12-23-36/h1-32H. The quantitative estimate of drug-likeness (QED) is 0.172. The van der Waals surface area contributed by atoms with Crippen molar-refractivity contribution in [3.8, 4) is 62.1 Å². The lowest BCUT2D eigenvalue weighted by Gasteiger charge is -2.14. The maximum absolute atomic E-state index is 7.07. The van der Waals surface area contributed by atoms with Crippen molar-refractivity contribution in [2.45, 2.75) is 0 Å². The zero-order valence-electron chi connectivity index (χ0n) is 30.2. The minimum atomic E-state index is 0.562. The molecule has 3 heterocycles. The summed E-state index contributed by atoms with van der Waals surface area (Å²) in [5, 5.41) is 4.24. The molecule has 262 valence electrons. The van der Waals surface area contributed by atoms with Gasteiger partial charge in [0.25, 0.3) is 0 Å². The molecule has 0 saturated carbocycles. The van der Waals surface area contributed by atoms with E-state index < -0.39 is 0 Å². The van der Waals surface area contributed by atoms with Crippen LogP contribution in [0.2, 0.25) is 0 Å². The van der Waals surface area contributed by atoms with Crippen LogP contribution in [0.4, 0.5) is 0 Å². The van der Waals surface area contributed by atoms with Gasteiger partial charge in [0.05, 0.1) is 22.0 Å². The topological polar surface area (TPSA) is 56.7 Å². The van der Waals surface area contributed by atoms with Crippen molar-refractivity contribution >= 4 is 43.7 Å². The van der Waals surface area contributed by atoms with E-state index in [1.165, 1.54) is 11.1 Å². The van der Waals surface area contributed by atoms with Gasteiger partial charge in [-0.3, -0.25) is 0 Å². The zero-order chi connectivity index (χ0) is 37.0. The third-order valence-corrected chi connectivity index (χ3v) is 10.6. The summed E-state index contributed by atoms with van der Waals surface area (Å²) in [5.41, 5.74) is 12.2. The number of aromatic nitrogens is 4. The molecule has 0 aliphatic carbocycles. The van der Waals surface area contributed by atoms with Gasteiger partial charge < -0.3 is 8.98 Å². The van der Waals surface area contributed by atoms with Gasteiger partial charge in [0.2, 0.25) is 0 Å². The molecule has 0 aliphatic heterocycles. The molecule has 0 bridgehead atoms. The van der Waals surface area contributed by atoms with Crippen LogP contribution in [0.5, 0.6) is 0 Å². The van der Waals surface area contributed by atoms with Crippen LogP contribution in [0.15, 0.2) is 199 Å². The molecule has 3 aromatic heterocycles. The van der Waals surface area contributed by atoms with E-state index in [-0.39, 0.29) is 0 Å². The van der Waals surface area contributed by atoms with Gasteiger partial charge in [-0.15, -0.1) is 0 Å². The van der Waals surface area contributed by atoms with Crippen LogP contribution in [0.25, 0.3) is 106 Å². The summed E-state index contributed by atoms with van der Waals surface area (Å²) >= 11 is 0. The van der Waals surface area contributed by atoms with Gasteiger partial charge in [0.15, 0.2) is 17.5 Å². The summed E-state index contributed by atoms with van der Waals surface area (Å²) in [6, 6.07) is 67.5. The van der Waals surface area contributed by atoms with Crippen molar-refractivity contribution in [1.82, 2.24) is 19.5 Å². The van der Waals surface area contributed by atoms with Crippen molar-refractivity contribution in [2.75, 3.05) is 0 Å². The molecular formula is C51H32N4O. The summed E-state index contributed by atoms with van der Waals surface area (Å²) < 4.78 is 9.45. The van der Waals surface area contributed by atoms with Crippen LogP contribution < -0.4 is 0 Å². The van der Waals surface area contributed by atoms with E-state index >= 15 is 0 Å². The van der Waals surface area contributed by atoms with Gasteiger partial charge in [0.1, 0.15) is 11.2 Å². The van der Waals surface area contributed by atoms with E-state index in [4.69, 9.17) is 19.4 Å². The fourth-order valence-corrected chi connectivity index (χ4v) is 8.03. The Hall–Kier alpha value is -7.63. The molecule has 8 aromatic carbocycles. The molecule has 5 heteroatoms. The Labute approximate surface area is 322 Å². The van der Waals surface area contributed by atoms with Crippen LogP contribution in [0, 0.1) is 0 Å². The summed E-state index contributed by atoms with van der Waals surface area (Å²) in [6.45, 7) is 0. The summed E-state index contributed by atoms with van der Waals surface area (Å²) in [4.78, 5) is 15.0. The van der Waals surface area contributed by atoms with Gasteiger partial charge in [-0.2, -0.15) is 0 Å².